The third kappa shape index (κ3) is 20.9. The predicted octanol–water partition coefficient (Wildman–Crippen LogP) is 2.23. The standard InChI is InChI=1S/C7H15NO.C6H13NO/c1-5-6(9)8-7(2,3)4;1-5(8)7-6(2,3)4/h5H2,1-4H3,(H,8,9);1-4H3,(H,7,8). The minimum atomic E-state index is -0.0775. The first-order valence-electron chi connectivity index (χ1n) is 5.97. The van der Waals surface area contributed by atoms with E-state index in [4.69, 9.17) is 0 Å². The third-order valence-electron chi connectivity index (χ3n) is 1.39. The summed E-state index contributed by atoms with van der Waals surface area (Å²) in [6.07, 6.45) is 0.567. The van der Waals surface area contributed by atoms with E-state index in [0.29, 0.717) is 6.42 Å². The van der Waals surface area contributed by atoms with Crippen molar-refractivity contribution in [3.8, 4) is 0 Å². The van der Waals surface area contributed by atoms with Crippen molar-refractivity contribution in [2.75, 3.05) is 0 Å². The maximum absolute atomic E-state index is 10.7. The zero-order chi connectivity index (χ0) is 14.3. The number of carbonyl (C=O) groups excluding carboxylic acids is 2. The first-order chi connectivity index (χ1) is 7.37. The van der Waals surface area contributed by atoms with Gasteiger partial charge in [-0.2, -0.15) is 0 Å². The van der Waals surface area contributed by atoms with Crippen molar-refractivity contribution in [2.45, 2.75) is 72.9 Å². The van der Waals surface area contributed by atoms with Crippen molar-refractivity contribution in [3.63, 3.8) is 0 Å². The van der Waals surface area contributed by atoms with Crippen LogP contribution in [0.1, 0.15) is 61.8 Å². The summed E-state index contributed by atoms with van der Waals surface area (Å²) in [6, 6.07) is 0. The molecule has 0 aromatic heterocycles. The van der Waals surface area contributed by atoms with Gasteiger partial charge in [-0.1, -0.05) is 6.92 Å². The Balaban J connectivity index is 0. The number of amides is 2. The average Bonchev–Trinajstić information content (AvgIpc) is 1.96. The molecule has 0 bridgehead atoms. The first-order valence-corrected chi connectivity index (χ1v) is 5.97. The first kappa shape index (κ1) is 18.3. The Hall–Kier alpha value is -1.06. The molecule has 0 fully saturated rings. The summed E-state index contributed by atoms with van der Waals surface area (Å²) >= 11 is 0. The molecule has 0 aliphatic carbocycles. The lowest BCUT2D eigenvalue weighted by Gasteiger charge is -2.19. The summed E-state index contributed by atoms with van der Waals surface area (Å²) < 4.78 is 0. The lowest BCUT2D eigenvalue weighted by atomic mass is 10.1. The van der Waals surface area contributed by atoms with Crippen LogP contribution in [0.25, 0.3) is 0 Å². The number of hydrogen-bond acceptors (Lipinski definition) is 2. The van der Waals surface area contributed by atoms with Crippen LogP contribution in [-0.2, 0) is 9.59 Å². The van der Waals surface area contributed by atoms with Gasteiger partial charge in [0.1, 0.15) is 0 Å². The monoisotopic (exact) mass is 244 g/mol. The molecule has 102 valence electrons. The number of nitrogens with one attached hydrogen (secondary N) is 2. The molecular formula is C13H28N2O2. The van der Waals surface area contributed by atoms with Crippen LogP contribution < -0.4 is 10.6 Å². The van der Waals surface area contributed by atoms with E-state index in [-0.39, 0.29) is 22.9 Å². The van der Waals surface area contributed by atoms with Crippen molar-refractivity contribution in [3.05, 3.63) is 0 Å². The third-order valence-corrected chi connectivity index (χ3v) is 1.39. The van der Waals surface area contributed by atoms with Crippen LogP contribution in [0.2, 0.25) is 0 Å². The molecule has 0 aromatic carbocycles. The molecule has 0 spiro atoms. The second-order valence-electron chi connectivity index (χ2n) is 6.08. The Kier molecular flexibility index (Phi) is 7.86. The van der Waals surface area contributed by atoms with E-state index in [1.165, 1.54) is 6.92 Å². The molecule has 2 amide bonds. The molecular weight excluding hydrogens is 216 g/mol. The molecule has 0 aliphatic rings. The molecule has 0 saturated carbocycles. The number of rotatable bonds is 1. The largest absolute Gasteiger partial charge is 0.352 e. The fourth-order valence-electron chi connectivity index (χ4n) is 1.03. The quantitative estimate of drug-likeness (QED) is 0.743. The van der Waals surface area contributed by atoms with Crippen molar-refractivity contribution >= 4 is 11.8 Å². The summed E-state index contributed by atoms with van der Waals surface area (Å²) in [5.74, 6) is 0.139. The van der Waals surface area contributed by atoms with Crippen LogP contribution in [0.15, 0.2) is 0 Å². The van der Waals surface area contributed by atoms with Gasteiger partial charge < -0.3 is 10.6 Å². The van der Waals surface area contributed by atoms with Gasteiger partial charge >= 0.3 is 0 Å². The summed E-state index contributed by atoms with van der Waals surface area (Å²) in [5.41, 5.74) is -0.154. The van der Waals surface area contributed by atoms with E-state index in [2.05, 4.69) is 10.6 Å². The molecule has 0 unspecified atom stereocenters. The molecule has 0 saturated heterocycles. The normalized spacial score (nSPS) is 11.1. The molecule has 0 aliphatic heterocycles. The van der Waals surface area contributed by atoms with Crippen LogP contribution in [0.5, 0.6) is 0 Å². The second-order valence-corrected chi connectivity index (χ2v) is 6.08. The zero-order valence-corrected chi connectivity index (χ0v) is 12.5. The molecule has 17 heavy (non-hydrogen) atoms. The second kappa shape index (κ2) is 7.30. The molecule has 0 radical (unpaired) electrons. The van der Waals surface area contributed by atoms with Crippen molar-refractivity contribution < 1.29 is 9.59 Å². The average molecular weight is 244 g/mol. The zero-order valence-electron chi connectivity index (χ0n) is 12.5. The molecule has 2 N–H and O–H groups in total. The van der Waals surface area contributed by atoms with E-state index in [1.807, 2.05) is 48.5 Å². The van der Waals surface area contributed by atoms with E-state index in [0.717, 1.165) is 0 Å². The summed E-state index contributed by atoms with van der Waals surface area (Å²) in [5, 5.41) is 5.57. The molecule has 0 heterocycles. The summed E-state index contributed by atoms with van der Waals surface area (Å²) in [4.78, 5) is 21.1. The highest BCUT2D eigenvalue weighted by molar-refractivity contribution is 5.76. The van der Waals surface area contributed by atoms with Gasteiger partial charge in [-0.15, -0.1) is 0 Å². The smallest absolute Gasteiger partial charge is 0.220 e. The molecule has 0 atom stereocenters. The van der Waals surface area contributed by atoms with Crippen molar-refractivity contribution in [1.29, 1.82) is 0 Å². The molecule has 4 heteroatoms. The number of carbonyl (C=O) groups is 2. The maximum atomic E-state index is 10.7. The molecule has 4 nitrogen and oxygen atoms in total. The van der Waals surface area contributed by atoms with E-state index >= 15 is 0 Å². The van der Waals surface area contributed by atoms with E-state index in [9.17, 15) is 9.59 Å². The van der Waals surface area contributed by atoms with Crippen LogP contribution in [0, 0.1) is 0 Å². The Labute approximate surface area is 106 Å². The lowest BCUT2D eigenvalue weighted by molar-refractivity contribution is -0.122. The van der Waals surface area contributed by atoms with Gasteiger partial charge in [0.15, 0.2) is 0 Å². The SMILES string of the molecule is CC(=O)NC(C)(C)C.CCC(=O)NC(C)(C)C. The number of hydrogen-bond donors (Lipinski definition) is 2. The van der Waals surface area contributed by atoms with Gasteiger partial charge in [0.2, 0.25) is 11.8 Å². The Morgan fingerprint density at radius 1 is 0.882 bits per heavy atom. The molecule has 0 rings (SSSR count). The van der Waals surface area contributed by atoms with Gasteiger partial charge in [0.05, 0.1) is 0 Å². The highest BCUT2D eigenvalue weighted by Gasteiger charge is 2.11. The predicted molar refractivity (Wildman–Crippen MR) is 71.8 cm³/mol. The minimum Gasteiger partial charge on any atom is -0.352 e. The van der Waals surface area contributed by atoms with Gasteiger partial charge in [-0.05, 0) is 41.5 Å². The fourth-order valence-corrected chi connectivity index (χ4v) is 1.03. The van der Waals surface area contributed by atoms with Crippen LogP contribution in [0.3, 0.4) is 0 Å². The van der Waals surface area contributed by atoms with Gasteiger partial charge in [0, 0.05) is 24.4 Å². The fraction of sp³-hybridized carbons (Fsp3) is 0.846. The van der Waals surface area contributed by atoms with Crippen LogP contribution in [0.4, 0.5) is 0 Å². The van der Waals surface area contributed by atoms with Crippen molar-refractivity contribution in [2.24, 2.45) is 0 Å². The Morgan fingerprint density at radius 3 is 1.29 bits per heavy atom. The highest BCUT2D eigenvalue weighted by atomic mass is 16.2. The summed E-state index contributed by atoms with van der Waals surface area (Å²) in [6.45, 7) is 15.1. The van der Waals surface area contributed by atoms with Crippen LogP contribution in [-0.4, -0.2) is 22.9 Å². The van der Waals surface area contributed by atoms with Crippen molar-refractivity contribution in [1.82, 2.24) is 10.6 Å². The van der Waals surface area contributed by atoms with Gasteiger partial charge in [0.25, 0.3) is 0 Å². The maximum Gasteiger partial charge on any atom is 0.220 e. The molecule has 0 aromatic rings. The summed E-state index contributed by atoms with van der Waals surface area (Å²) in [7, 11) is 0. The van der Waals surface area contributed by atoms with E-state index in [1.54, 1.807) is 0 Å². The Morgan fingerprint density at radius 2 is 1.24 bits per heavy atom. The van der Waals surface area contributed by atoms with Crippen LogP contribution >= 0.6 is 0 Å². The highest BCUT2D eigenvalue weighted by Crippen LogP contribution is 1.98. The topological polar surface area (TPSA) is 58.2 Å². The minimum absolute atomic E-state index is 0.0255. The van der Waals surface area contributed by atoms with Gasteiger partial charge in [-0.3, -0.25) is 9.59 Å². The lowest BCUT2D eigenvalue weighted by Crippen LogP contribution is -2.40. The van der Waals surface area contributed by atoms with Gasteiger partial charge in [-0.25, -0.2) is 0 Å². The Bertz CT molecular complexity index is 247. The van der Waals surface area contributed by atoms with E-state index < -0.39 is 0 Å².